The van der Waals surface area contributed by atoms with Gasteiger partial charge in [0, 0.05) is 6.92 Å². The Morgan fingerprint density at radius 1 is 1.82 bits per heavy atom. The van der Waals surface area contributed by atoms with Crippen LogP contribution < -0.4 is 4.74 Å². The highest BCUT2D eigenvalue weighted by molar-refractivity contribution is 7.06. The largest absolute Gasteiger partial charge is 0.405 e. The molecule has 0 atom stereocenters. The van der Waals surface area contributed by atoms with E-state index in [4.69, 9.17) is 11.6 Å². The summed E-state index contributed by atoms with van der Waals surface area (Å²) in [7, 11) is 0. The predicted octanol–water partition coefficient (Wildman–Crippen LogP) is 1.20. The predicted molar refractivity (Wildman–Crippen MR) is 40.8 cm³/mol. The highest BCUT2D eigenvalue weighted by Gasteiger charge is 2.09. The van der Waals surface area contributed by atoms with Gasteiger partial charge in [0.1, 0.15) is 4.88 Å². The van der Waals surface area contributed by atoms with Gasteiger partial charge in [0.25, 0.3) is 5.88 Å². The minimum atomic E-state index is -0.413. The average Bonchev–Trinajstić information content (AvgIpc) is 2.34. The summed E-state index contributed by atoms with van der Waals surface area (Å²) in [6, 6.07) is 0. The van der Waals surface area contributed by atoms with Crippen molar-refractivity contribution in [1.29, 1.82) is 0 Å². The van der Waals surface area contributed by atoms with Crippen LogP contribution >= 0.6 is 23.1 Å². The van der Waals surface area contributed by atoms with Crippen molar-refractivity contribution in [2.45, 2.75) is 12.8 Å². The number of hydrogen-bond donors (Lipinski definition) is 0. The lowest BCUT2D eigenvalue weighted by atomic mass is 10.6. The van der Waals surface area contributed by atoms with Crippen molar-refractivity contribution in [2.24, 2.45) is 0 Å². The molecular formula is C5H5ClN2O2S. The standard InChI is InChI=1S/C5H5ClN2O2S/c1-3(9)10-5-4(2-6)11-8-7-5/h2H2,1H3. The lowest BCUT2D eigenvalue weighted by Gasteiger charge is -1.94. The average molecular weight is 193 g/mol. The Morgan fingerprint density at radius 3 is 3.09 bits per heavy atom. The molecule has 4 nitrogen and oxygen atoms in total. The molecule has 0 spiro atoms. The molecule has 0 radical (unpaired) electrons. The first kappa shape index (κ1) is 8.42. The second-order valence-electron chi connectivity index (χ2n) is 1.73. The SMILES string of the molecule is CC(=O)Oc1nnsc1CCl. The Bertz CT molecular complexity index is 263. The zero-order valence-corrected chi connectivity index (χ0v) is 7.28. The van der Waals surface area contributed by atoms with Crippen molar-refractivity contribution in [1.82, 2.24) is 9.59 Å². The fourth-order valence-corrected chi connectivity index (χ4v) is 1.18. The first-order chi connectivity index (χ1) is 5.24. The summed E-state index contributed by atoms with van der Waals surface area (Å²) in [5.41, 5.74) is 0. The molecule has 0 N–H and O–H groups in total. The van der Waals surface area contributed by atoms with Crippen LogP contribution in [0.5, 0.6) is 5.88 Å². The molecule has 0 amide bonds. The lowest BCUT2D eigenvalue weighted by molar-refractivity contribution is -0.132. The Balaban J connectivity index is 2.76. The van der Waals surface area contributed by atoms with Gasteiger partial charge in [0.05, 0.1) is 5.88 Å². The fraction of sp³-hybridized carbons (Fsp3) is 0.400. The first-order valence-electron chi connectivity index (χ1n) is 2.79. The summed E-state index contributed by atoms with van der Waals surface area (Å²) in [6.07, 6.45) is 0. The van der Waals surface area contributed by atoms with Gasteiger partial charge >= 0.3 is 5.97 Å². The number of hydrogen-bond acceptors (Lipinski definition) is 5. The van der Waals surface area contributed by atoms with Crippen LogP contribution in [0.15, 0.2) is 0 Å². The second kappa shape index (κ2) is 3.64. The fourth-order valence-electron chi connectivity index (χ4n) is 0.497. The van der Waals surface area contributed by atoms with Gasteiger partial charge in [-0.25, -0.2) is 0 Å². The number of carbonyl (C=O) groups is 1. The van der Waals surface area contributed by atoms with Crippen LogP contribution in [-0.2, 0) is 10.7 Å². The van der Waals surface area contributed by atoms with Crippen molar-refractivity contribution in [3.63, 3.8) is 0 Å². The quantitative estimate of drug-likeness (QED) is 0.522. The number of carbonyl (C=O) groups excluding carboxylic acids is 1. The summed E-state index contributed by atoms with van der Waals surface area (Å²) in [5, 5.41) is 3.57. The molecule has 0 bridgehead atoms. The van der Waals surface area contributed by atoms with Gasteiger partial charge in [-0.1, -0.05) is 9.59 Å². The van der Waals surface area contributed by atoms with E-state index in [2.05, 4.69) is 14.3 Å². The van der Waals surface area contributed by atoms with Crippen molar-refractivity contribution >= 4 is 29.1 Å². The van der Waals surface area contributed by atoms with Crippen LogP contribution in [0.25, 0.3) is 0 Å². The third-order valence-corrected chi connectivity index (χ3v) is 2.01. The van der Waals surface area contributed by atoms with Crippen LogP contribution in [0, 0.1) is 0 Å². The number of halogens is 1. The van der Waals surface area contributed by atoms with E-state index in [9.17, 15) is 4.79 Å². The maximum absolute atomic E-state index is 10.5. The van der Waals surface area contributed by atoms with Gasteiger partial charge < -0.3 is 4.74 Å². The van der Waals surface area contributed by atoms with Gasteiger partial charge in [-0.3, -0.25) is 4.79 Å². The molecule has 0 aliphatic rings. The number of ether oxygens (including phenoxy) is 1. The van der Waals surface area contributed by atoms with E-state index in [-0.39, 0.29) is 11.8 Å². The molecule has 1 heterocycles. The Labute approximate surface area is 72.3 Å². The van der Waals surface area contributed by atoms with Crippen LogP contribution in [0.2, 0.25) is 0 Å². The van der Waals surface area contributed by atoms with Gasteiger partial charge in [0.2, 0.25) is 0 Å². The van der Waals surface area contributed by atoms with Crippen molar-refractivity contribution < 1.29 is 9.53 Å². The highest BCUT2D eigenvalue weighted by Crippen LogP contribution is 2.20. The zero-order chi connectivity index (χ0) is 8.27. The van der Waals surface area contributed by atoms with E-state index in [1.807, 2.05) is 0 Å². The zero-order valence-electron chi connectivity index (χ0n) is 5.70. The second-order valence-corrected chi connectivity index (χ2v) is 2.83. The summed E-state index contributed by atoms with van der Waals surface area (Å²) in [5.74, 6) is 0.0712. The van der Waals surface area contributed by atoms with Gasteiger partial charge in [-0.05, 0) is 11.5 Å². The van der Waals surface area contributed by atoms with Crippen LogP contribution in [-0.4, -0.2) is 15.6 Å². The number of rotatable bonds is 2. The van der Waals surface area contributed by atoms with E-state index >= 15 is 0 Å². The molecule has 1 aromatic heterocycles. The molecule has 0 aromatic carbocycles. The normalized spacial score (nSPS) is 9.64. The van der Waals surface area contributed by atoms with Crippen LogP contribution in [0.4, 0.5) is 0 Å². The number of alkyl halides is 1. The maximum Gasteiger partial charge on any atom is 0.309 e. The first-order valence-corrected chi connectivity index (χ1v) is 4.10. The maximum atomic E-state index is 10.5. The summed E-state index contributed by atoms with van der Waals surface area (Å²) in [6.45, 7) is 1.30. The Hall–Kier alpha value is -0.680. The highest BCUT2D eigenvalue weighted by atomic mass is 35.5. The van der Waals surface area contributed by atoms with Crippen LogP contribution in [0.3, 0.4) is 0 Å². The molecule has 0 fully saturated rings. The van der Waals surface area contributed by atoms with Gasteiger partial charge in [-0.15, -0.1) is 11.6 Å². The minimum absolute atomic E-state index is 0.220. The molecule has 1 rings (SSSR count). The van der Waals surface area contributed by atoms with Crippen LogP contribution in [0.1, 0.15) is 11.8 Å². The number of aromatic nitrogens is 2. The molecule has 0 aliphatic carbocycles. The van der Waals surface area contributed by atoms with Gasteiger partial charge in [0.15, 0.2) is 0 Å². The number of esters is 1. The molecule has 0 unspecified atom stereocenters. The van der Waals surface area contributed by atoms with E-state index in [0.717, 1.165) is 11.5 Å². The molecule has 0 saturated carbocycles. The van der Waals surface area contributed by atoms with E-state index in [1.165, 1.54) is 6.92 Å². The molecule has 11 heavy (non-hydrogen) atoms. The van der Waals surface area contributed by atoms with Crippen molar-refractivity contribution in [3.05, 3.63) is 4.88 Å². The van der Waals surface area contributed by atoms with E-state index < -0.39 is 5.97 Å². The molecule has 0 saturated heterocycles. The molecule has 60 valence electrons. The molecule has 1 aromatic rings. The summed E-state index contributed by atoms with van der Waals surface area (Å²) < 4.78 is 8.27. The third kappa shape index (κ3) is 2.13. The molecule has 0 aliphatic heterocycles. The topological polar surface area (TPSA) is 52.1 Å². The Morgan fingerprint density at radius 2 is 2.55 bits per heavy atom. The summed E-state index contributed by atoms with van der Waals surface area (Å²) in [4.78, 5) is 11.1. The minimum Gasteiger partial charge on any atom is -0.405 e. The van der Waals surface area contributed by atoms with E-state index in [1.54, 1.807) is 0 Å². The molecule has 6 heteroatoms. The lowest BCUT2D eigenvalue weighted by Crippen LogP contribution is -2.02. The summed E-state index contributed by atoms with van der Waals surface area (Å²) >= 11 is 6.62. The molecular weight excluding hydrogens is 188 g/mol. The Kier molecular flexibility index (Phi) is 2.78. The monoisotopic (exact) mass is 192 g/mol. The van der Waals surface area contributed by atoms with Crippen molar-refractivity contribution in [3.8, 4) is 5.88 Å². The van der Waals surface area contributed by atoms with Crippen molar-refractivity contribution in [2.75, 3.05) is 0 Å². The van der Waals surface area contributed by atoms with E-state index in [0.29, 0.717) is 4.88 Å². The third-order valence-electron chi connectivity index (χ3n) is 0.883. The smallest absolute Gasteiger partial charge is 0.309 e. The van der Waals surface area contributed by atoms with Gasteiger partial charge in [-0.2, -0.15) is 0 Å². The number of nitrogens with zero attached hydrogens (tertiary/aromatic N) is 2.